The first-order valence-electron chi connectivity index (χ1n) is 4.71. The minimum Gasteiger partial charge on any atom is -0.294 e. The van der Waals surface area contributed by atoms with Crippen molar-refractivity contribution in [2.24, 2.45) is 0 Å². The fourth-order valence-electron chi connectivity index (χ4n) is 1.59. The zero-order valence-electron chi connectivity index (χ0n) is 8.68. The molecule has 1 aromatic heterocycles. The van der Waals surface area contributed by atoms with Gasteiger partial charge in [-0.1, -0.05) is 11.6 Å². The third-order valence-electron chi connectivity index (χ3n) is 2.44. The minimum atomic E-state index is -4.78. The molecule has 0 aliphatic carbocycles. The standard InChI is InChI=1S/C8H6Cl2FN3O3S/c9-5-2-12-8(10)13-7(5)14-3-4(1-6(14)15)18(11,16)17/h2,4H,1,3H2. The Morgan fingerprint density at radius 2 is 2.11 bits per heavy atom. The summed E-state index contributed by atoms with van der Waals surface area (Å²) in [5.41, 5.74) is 0. The molecule has 0 spiro atoms. The van der Waals surface area contributed by atoms with Gasteiger partial charge in [-0.25, -0.2) is 4.98 Å². The molecular weight excluding hydrogens is 308 g/mol. The number of carbonyl (C=O) groups excluding carboxylic acids is 1. The molecule has 1 unspecified atom stereocenters. The highest BCUT2D eigenvalue weighted by molar-refractivity contribution is 7.87. The molecule has 18 heavy (non-hydrogen) atoms. The van der Waals surface area contributed by atoms with Gasteiger partial charge in [0, 0.05) is 13.0 Å². The Balaban J connectivity index is 2.35. The van der Waals surface area contributed by atoms with Gasteiger partial charge < -0.3 is 0 Å². The summed E-state index contributed by atoms with van der Waals surface area (Å²) in [7, 11) is -4.78. The van der Waals surface area contributed by atoms with E-state index in [0.29, 0.717) is 0 Å². The van der Waals surface area contributed by atoms with E-state index in [-0.39, 0.29) is 22.7 Å². The predicted octanol–water partition coefficient (Wildman–Crippen LogP) is 1.19. The third kappa shape index (κ3) is 2.55. The molecule has 0 bridgehead atoms. The summed E-state index contributed by atoms with van der Waals surface area (Å²) < 4.78 is 34.4. The molecule has 1 atom stereocenters. The van der Waals surface area contributed by atoms with Gasteiger partial charge in [0.15, 0.2) is 5.82 Å². The molecule has 1 aliphatic heterocycles. The molecule has 1 saturated heterocycles. The topological polar surface area (TPSA) is 80.2 Å². The van der Waals surface area contributed by atoms with Crippen molar-refractivity contribution in [3.63, 3.8) is 0 Å². The summed E-state index contributed by atoms with van der Waals surface area (Å²) in [6.07, 6.45) is 0.730. The summed E-state index contributed by atoms with van der Waals surface area (Å²) >= 11 is 11.3. The molecule has 0 radical (unpaired) electrons. The lowest BCUT2D eigenvalue weighted by atomic mass is 10.4. The van der Waals surface area contributed by atoms with Crippen molar-refractivity contribution in [3.05, 3.63) is 16.5 Å². The first-order valence-corrected chi connectivity index (χ1v) is 6.91. The monoisotopic (exact) mass is 313 g/mol. The molecule has 6 nitrogen and oxygen atoms in total. The summed E-state index contributed by atoms with van der Waals surface area (Å²) in [4.78, 5) is 19.9. The second kappa shape index (κ2) is 4.60. The third-order valence-corrected chi connectivity index (χ3v) is 4.00. The molecule has 1 aliphatic rings. The maximum absolute atomic E-state index is 12.8. The molecule has 0 saturated carbocycles. The van der Waals surface area contributed by atoms with E-state index >= 15 is 0 Å². The zero-order valence-corrected chi connectivity index (χ0v) is 11.0. The molecule has 10 heteroatoms. The Kier molecular flexibility index (Phi) is 3.43. The van der Waals surface area contributed by atoms with Crippen LogP contribution in [0.1, 0.15) is 6.42 Å². The van der Waals surface area contributed by atoms with Crippen LogP contribution in [0.2, 0.25) is 10.3 Å². The van der Waals surface area contributed by atoms with E-state index in [2.05, 4.69) is 9.97 Å². The Hall–Kier alpha value is -0.990. The van der Waals surface area contributed by atoms with Gasteiger partial charge in [-0.15, -0.1) is 3.89 Å². The van der Waals surface area contributed by atoms with Crippen LogP contribution in [-0.4, -0.2) is 36.1 Å². The van der Waals surface area contributed by atoms with Gasteiger partial charge in [-0.2, -0.15) is 13.4 Å². The fraction of sp³-hybridized carbons (Fsp3) is 0.375. The van der Waals surface area contributed by atoms with Crippen molar-refractivity contribution < 1.29 is 17.1 Å². The zero-order chi connectivity index (χ0) is 13.5. The van der Waals surface area contributed by atoms with Crippen molar-refractivity contribution in [1.29, 1.82) is 0 Å². The first kappa shape index (κ1) is 13.4. The van der Waals surface area contributed by atoms with E-state index in [1.807, 2.05) is 0 Å². The van der Waals surface area contributed by atoms with Gasteiger partial charge in [-0.05, 0) is 11.6 Å². The van der Waals surface area contributed by atoms with Crippen LogP contribution in [0, 0.1) is 0 Å². The van der Waals surface area contributed by atoms with E-state index in [1.54, 1.807) is 0 Å². The SMILES string of the molecule is O=C1CC(S(=O)(=O)F)CN1c1nc(Cl)ncc1Cl. The van der Waals surface area contributed by atoms with Gasteiger partial charge in [0.1, 0.15) is 10.3 Å². The van der Waals surface area contributed by atoms with Crippen molar-refractivity contribution in [2.75, 3.05) is 11.4 Å². The average Bonchev–Trinajstić information content (AvgIpc) is 2.64. The fourth-order valence-corrected chi connectivity index (χ4v) is 2.59. The lowest BCUT2D eigenvalue weighted by molar-refractivity contribution is -0.117. The molecule has 98 valence electrons. The van der Waals surface area contributed by atoms with Crippen LogP contribution < -0.4 is 4.90 Å². The van der Waals surface area contributed by atoms with Crippen LogP contribution in [-0.2, 0) is 15.0 Å². The van der Waals surface area contributed by atoms with E-state index in [9.17, 15) is 17.1 Å². The van der Waals surface area contributed by atoms with E-state index in [1.165, 1.54) is 6.20 Å². The highest BCUT2D eigenvalue weighted by atomic mass is 35.5. The lowest BCUT2D eigenvalue weighted by Gasteiger charge is -2.15. The summed E-state index contributed by atoms with van der Waals surface area (Å²) in [6, 6.07) is 0. The van der Waals surface area contributed by atoms with Crippen LogP contribution in [0.5, 0.6) is 0 Å². The lowest BCUT2D eigenvalue weighted by Crippen LogP contribution is -2.28. The second-order valence-corrected chi connectivity index (χ2v) is 5.98. The van der Waals surface area contributed by atoms with Crippen molar-refractivity contribution in [2.45, 2.75) is 11.7 Å². The summed E-state index contributed by atoms with van der Waals surface area (Å²) in [5, 5.41) is -1.52. The predicted molar refractivity (Wildman–Crippen MR) is 62.8 cm³/mol. The number of anilines is 1. The molecule has 2 rings (SSSR count). The van der Waals surface area contributed by atoms with Crippen LogP contribution in [0.15, 0.2) is 6.20 Å². The summed E-state index contributed by atoms with van der Waals surface area (Å²) in [5.74, 6) is -0.606. The average molecular weight is 314 g/mol. The van der Waals surface area contributed by atoms with Crippen LogP contribution in [0.3, 0.4) is 0 Å². The van der Waals surface area contributed by atoms with Crippen LogP contribution in [0.25, 0.3) is 0 Å². The number of hydrogen-bond donors (Lipinski definition) is 0. The molecule has 0 N–H and O–H groups in total. The van der Waals surface area contributed by atoms with Crippen LogP contribution >= 0.6 is 23.2 Å². The van der Waals surface area contributed by atoms with Crippen molar-refractivity contribution in [3.8, 4) is 0 Å². The molecule has 1 fully saturated rings. The molecule has 2 heterocycles. The van der Waals surface area contributed by atoms with Gasteiger partial charge in [-0.3, -0.25) is 9.69 Å². The largest absolute Gasteiger partial charge is 0.307 e. The molecule has 1 aromatic rings. The Morgan fingerprint density at radius 3 is 2.67 bits per heavy atom. The number of aromatic nitrogens is 2. The number of nitrogens with zero attached hydrogens (tertiary/aromatic N) is 3. The van der Waals surface area contributed by atoms with E-state index in [4.69, 9.17) is 23.2 Å². The van der Waals surface area contributed by atoms with Gasteiger partial charge in [0.2, 0.25) is 11.2 Å². The Morgan fingerprint density at radius 1 is 1.44 bits per heavy atom. The number of hydrogen-bond acceptors (Lipinski definition) is 5. The van der Waals surface area contributed by atoms with Gasteiger partial charge in [0.25, 0.3) is 0 Å². The Bertz CT molecular complexity index is 610. The Labute approximate surface area is 112 Å². The van der Waals surface area contributed by atoms with Crippen molar-refractivity contribution in [1.82, 2.24) is 9.97 Å². The first-order chi connectivity index (χ1) is 8.29. The summed E-state index contributed by atoms with van der Waals surface area (Å²) in [6.45, 7) is -0.343. The maximum Gasteiger partial charge on any atom is 0.307 e. The number of halogens is 3. The normalized spacial score (nSPS) is 20.5. The van der Waals surface area contributed by atoms with Gasteiger partial charge in [0.05, 0.1) is 6.20 Å². The van der Waals surface area contributed by atoms with E-state index < -0.39 is 27.8 Å². The molecular formula is C8H6Cl2FN3O3S. The highest BCUT2D eigenvalue weighted by Crippen LogP contribution is 2.29. The number of carbonyl (C=O) groups is 1. The molecule has 0 aromatic carbocycles. The quantitative estimate of drug-likeness (QED) is 0.605. The van der Waals surface area contributed by atoms with Gasteiger partial charge >= 0.3 is 10.2 Å². The smallest absolute Gasteiger partial charge is 0.294 e. The molecule has 1 amide bonds. The maximum atomic E-state index is 12.8. The minimum absolute atomic E-state index is 0.0205. The number of rotatable bonds is 2. The highest BCUT2D eigenvalue weighted by Gasteiger charge is 2.40. The number of amides is 1. The van der Waals surface area contributed by atoms with Crippen LogP contribution in [0.4, 0.5) is 9.70 Å². The van der Waals surface area contributed by atoms with Crippen molar-refractivity contribution >= 4 is 45.2 Å². The second-order valence-electron chi connectivity index (χ2n) is 3.62. The van der Waals surface area contributed by atoms with E-state index in [0.717, 1.165) is 4.90 Å².